The molecule has 0 aromatic rings. The summed E-state index contributed by atoms with van der Waals surface area (Å²) in [5.74, 6) is -0.0375. The van der Waals surface area contributed by atoms with Crippen molar-refractivity contribution in [3.05, 3.63) is 0 Å². The highest BCUT2D eigenvalue weighted by atomic mass is 16.4. The van der Waals surface area contributed by atoms with Gasteiger partial charge in [-0.05, 0) is 38.6 Å². The number of carboxylic acid groups (broad SMARTS) is 1. The molecule has 94 valence electrons. The Morgan fingerprint density at radius 3 is 2.38 bits per heavy atom. The molecule has 1 aliphatic rings. The van der Waals surface area contributed by atoms with Gasteiger partial charge in [-0.25, -0.2) is 0 Å². The number of hydrogen-bond donors (Lipinski definition) is 1. The predicted molar refractivity (Wildman–Crippen MR) is 65.5 cm³/mol. The quantitative estimate of drug-likeness (QED) is 0.785. The van der Waals surface area contributed by atoms with Crippen LogP contribution in [0.4, 0.5) is 0 Å². The minimum absolute atomic E-state index is 0.256. The minimum Gasteiger partial charge on any atom is -0.481 e. The van der Waals surface area contributed by atoms with E-state index in [9.17, 15) is 4.79 Å². The molecule has 1 atom stereocenters. The van der Waals surface area contributed by atoms with Crippen molar-refractivity contribution in [1.29, 1.82) is 0 Å². The van der Waals surface area contributed by atoms with Crippen LogP contribution < -0.4 is 0 Å². The van der Waals surface area contributed by atoms with Crippen LogP contribution in [0.2, 0.25) is 0 Å². The van der Waals surface area contributed by atoms with Gasteiger partial charge in [-0.2, -0.15) is 0 Å². The lowest BCUT2D eigenvalue weighted by Crippen LogP contribution is -2.39. The van der Waals surface area contributed by atoms with E-state index < -0.39 is 5.97 Å². The first-order valence-electron chi connectivity index (χ1n) is 6.47. The summed E-state index contributed by atoms with van der Waals surface area (Å²) < 4.78 is 0. The van der Waals surface area contributed by atoms with Gasteiger partial charge in [0.25, 0.3) is 0 Å². The van der Waals surface area contributed by atoms with E-state index in [1.165, 1.54) is 32.1 Å². The second kappa shape index (κ2) is 6.24. The van der Waals surface area contributed by atoms with Gasteiger partial charge in [0.1, 0.15) is 0 Å². The largest absolute Gasteiger partial charge is 0.481 e. The summed E-state index contributed by atoms with van der Waals surface area (Å²) in [5, 5.41) is 8.88. The summed E-state index contributed by atoms with van der Waals surface area (Å²) in [6, 6.07) is 0.601. The van der Waals surface area contributed by atoms with Crippen LogP contribution in [0.5, 0.6) is 0 Å². The van der Waals surface area contributed by atoms with Crippen molar-refractivity contribution in [3.63, 3.8) is 0 Å². The normalized spacial score (nSPS) is 28.0. The molecule has 3 heteroatoms. The van der Waals surface area contributed by atoms with Crippen LogP contribution in [-0.4, -0.2) is 35.6 Å². The van der Waals surface area contributed by atoms with Gasteiger partial charge in [-0.15, -0.1) is 0 Å². The summed E-state index contributed by atoms with van der Waals surface area (Å²) in [6.45, 7) is 4.73. The monoisotopic (exact) mass is 227 g/mol. The molecule has 1 fully saturated rings. The molecule has 0 aromatic heterocycles. The van der Waals surface area contributed by atoms with E-state index in [4.69, 9.17) is 5.11 Å². The SMILES string of the molecule is CCC1CCC(N(C)CC(C)C(=O)O)CC1. The summed E-state index contributed by atoms with van der Waals surface area (Å²) in [6.07, 6.45) is 6.39. The Bertz CT molecular complexity index is 222. The van der Waals surface area contributed by atoms with Crippen molar-refractivity contribution in [2.45, 2.75) is 52.0 Å². The van der Waals surface area contributed by atoms with E-state index in [1.54, 1.807) is 6.92 Å². The summed E-state index contributed by atoms with van der Waals surface area (Å²) >= 11 is 0. The molecule has 1 saturated carbocycles. The van der Waals surface area contributed by atoms with E-state index in [0.29, 0.717) is 12.6 Å². The summed E-state index contributed by atoms with van der Waals surface area (Å²) in [7, 11) is 2.07. The molecule has 0 amide bonds. The first kappa shape index (κ1) is 13.5. The zero-order valence-electron chi connectivity index (χ0n) is 10.8. The van der Waals surface area contributed by atoms with Crippen LogP contribution in [0.1, 0.15) is 46.0 Å². The maximum Gasteiger partial charge on any atom is 0.307 e. The molecule has 0 aliphatic heterocycles. The lowest BCUT2D eigenvalue weighted by molar-refractivity contribution is -0.141. The Kier molecular flexibility index (Phi) is 5.26. The lowest BCUT2D eigenvalue weighted by atomic mass is 9.84. The van der Waals surface area contributed by atoms with E-state index in [1.807, 2.05) is 0 Å². The Balaban J connectivity index is 2.33. The van der Waals surface area contributed by atoms with Gasteiger partial charge in [0, 0.05) is 12.6 Å². The third kappa shape index (κ3) is 3.78. The number of carbonyl (C=O) groups is 1. The van der Waals surface area contributed by atoms with E-state index >= 15 is 0 Å². The fourth-order valence-corrected chi connectivity index (χ4v) is 2.65. The zero-order chi connectivity index (χ0) is 12.1. The second-order valence-electron chi connectivity index (χ2n) is 5.26. The average Bonchev–Trinajstić information content (AvgIpc) is 2.28. The van der Waals surface area contributed by atoms with Crippen molar-refractivity contribution in [2.75, 3.05) is 13.6 Å². The fourth-order valence-electron chi connectivity index (χ4n) is 2.65. The van der Waals surface area contributed by atoms with Crippen LogP contribution in [-0.2, 0) is 4.79 Å². The zero-order valence-corrected chi connectivity index (χ0v) is 10.8. The second-order valence-corrected chi connectivity index (χ2v) is 5.26. The highest BCUT2D eigenvalue weighted by molar-refractivity contribution is 5.69. The number of carboxylic acids is 1. The van der Waals surface area contributed by atoms with Crippen molar-refractivity contribution in [2.24, 2.45) is 11.8 Å². The molecule has 0 bridgehead atoms. The molecule has 1 rings (SSSR count). The Labute approximate surface area is 98.8 Å². The van der Waals surface area contributed by atoms with Gasteiger partial charge < -0.3 is 10.0 Å². The summed E-state index contributed by atoms with van der Waals surface area (Å²) in [4.78, 5) is 13.0. The molecule has 0 heterocycles. The van der Waals surface area contributed by atoms with Gasteiger partial charge in [0.15, 0.2) is 0 Å². The number of rotatable bonds is 5. The van der Waals surface area contributed by atoms with Crippen molar-refractivity contribution < 1.29 is 9.90 Å². The maximum absolute atomic E-state index is 10.8. The topological polar surface area (TPSA) is 40.5 Å². The molecular formula is C13H25NO2. The van der Waals surface area contributed by atoms with Gasteiger partial charge in [0.2, 0.25) is 0 Å². The van der Waals surface area contributed by atoms with Gasteiger partial charge in [-0.1, -0.05) is 20.3 Å². The number of nitrogens with zero attached hydrogens (tertiary/aromatic N) is 1. The van der Waals surface area contributed by atoms with Crippen molar-refractivity contribution in [3.8, 4) is 0 Å². The fraction of sp³-hybridized carbons (Fsp3) is 0.923. The van der Waals surface area contributed by atoms with Gasteiger partial charge in [0.05, 0.1) is 5.92 Å². The Morgan fingerprint density at radius 1 is 1.38 bits per heavy atom. The lowest BCUT2D eigenvalue weighted by Gasteiger charge is -2.35. The molecule has 3 nitrogen and oxygen atoms in total. The molecule has 0 saturated heterocycles. The van der Waals surface area contributed by atoms with Gasteiger partial charge >= 0.3 is 5.97 Å². The highest BCUT2D eigenvalue weighted by Gasteiger charge is 2.24. The maximum atomic E-state index is 10.8. The van der Waals surface area contributed by atoms with Crippen molar-refractivity contribution >= 4 is 5.97 Å². The van der Waals surface area contributed by atoms with E-state index in [0.717, 1.165) is 5.92 Å². The minimum atomic E-state index is -0.686. The van der Waals surface area contributed by atoms with Crippen LogP contribution in [0.3, 0.4) is 0 Å². The van der Waals surface area contributed by atoms with E-state index in [-0.39, 0.29) is 5.92 Å². The molecule has 0 radical (unpaired) electrons. The predicted octanol–water partition coefficient (Wildman–Crippen LogP) is 2.61. The van der Waals surface area contributed by atoms with Gasteiger partial charge in [-0.3, -0.25) is 4.79 Å². The number of aliphatic carboxylic acids is 1. The Hall–Kier alpha value is -0.570. The molecule has 1 unspecified atom stereocenters. The third-order valence-electron chi connectivity index (χ3n) is 4.00. The van der Waals surface area contributed by atoms with Crippen LogP contribution >= 0.6 is 0 Å². The number of hydrogen-bond acceptors (Lipinski definition) is 2. The molecular weight excluding hydrogens is 202 g/mol. The first-order chi connectivity index (χ1) is 7.54. The first-order valence-corrected chi connectivity index (χ1v) is 6.47. The Morgan fingerprint density at radius 2 is 1.94 bits per heavy atom. The third-order valence-corrected chi connectivity index (χ3v) is 4.00. The molecule has 1 N–H and O–H groups in total. The van der Waals surface area contributed by atoms with Crippen LogP contribution in [0.15, 0.2) is 0 Å². The molecule has 0 spiro atoms. The van der Waals surface area contributed by atoms with Crippen LogP contribution in [0, 0.1) is 11.8 Å². The molecule has 16 heavy (non-hydrogen) atoms. The highest BCUT2D eigenvalue weighted by Crippen LogP contribution is 2.29. The molecule has 0 aromatic carbocycles. The van der Waals surface area contributed by atoms with Crippen molar-refractivity contribution in [1.82, 2.24) is 4.90 Å². The standard InChI is InChI=1S/C13H25NO2/c1-4-11-5-7-12(8-6-11)14(3)9-10(2)13(15)16/h10-12H,4-9H2,1-3H3,(H,15,16). The molecule has 1 aliphatic carbocycles. The smallest absolute Gasteiger partial charge is 0.307 e. The average molecular weight is 227 g/mol. The summed E-state index contributed by atoms with van der Waals surface area (Å²) in [5.41, 5.74) is 0. The van der Waals surface area contributed by atoms with Crippen LogP contribution in [0.25, 0.3) is 0 Å². The van der Waals surface area contributed by atoms with E-state index in [2.05, 4.69) is 18.9 Å².